The number of benzene rings is 1. The molecule has 1 aliphatic rings. The van der Waals surface area contributed by atoms with Gasteiger partial charge in [0.25, 0.3) is 5.89 Å². The van der Waals surface area contributed by atoms with Crippen molar-refractivity contribution in [1.82, 2.24) is 10.1 Å². The van der Waals surface area contributed by atoms with Crippen LogP contribution in [-0.2, 0) is 10.3 Å². The van der Waals surface area contributed by atoms with Crippen LogP contribution in [0.3, 0.4) is 0 Å². The predicted molar refractivity (Wildman–Crippen MR) is 82.6 cm³/mol. The van der Waals surface area contributed by atoms with E-state index in [1.54, 1.807) is 0 Å². The molecule has 1 aromatic carbocycles. The Balaban J connectivity index is 1.71. The Morgan fingerprint density at radius 3 is 2.71 bits per heavy atom. The van der Waals surface area contributed by atoms with Crippen LogP contribution in [-0.4, -0.2) is 22.9 Å². The monoisotopic (exact) mass is 351 g/mol. The Labute approximate surface area is 132 Å². The second-order valence-corrected chi connectivity index (χ2v) is 6.63. The molecule has 2 aromatic rings. The van der Waals surface area contributed by atoms with Crippen LogP contribution in [0.2, 0.25) is 0 Å². The first-order valence-electron chi connectivity index (χ1n) is 7.05. The molecule has 1 saturated carbocycles. The minimum Gasteiger partial charge on any atom is -0.376 e. The van der Waals surface area contributed by atoms with E-state index in [4.69, 9.17) is 15.0 Å². The van der Waals surface area contributed by atoms with Crippen LogP contribution in [0, 0.1) is 0 Å². The quantitative estimate of drug-likeness (QED) is 0.894. The molecule has 3 rings (SSSR count). The van der Waals surface area contributed by atoms with Crippen molar-refractivity contribution in [2.24, 2.45) is 5.73 Å². The number of rotatable bonds is 5. The molecule has 0 aliphatic heterocycles. The summed E-state index contributed by atoms with van der Waals surface area (Å²) in [6.45, 7) is 2.26. The first kappa shape index (κ1) is 14.7. The molecule has 0 spiro atoms. The van der Waals surface area contributed by atoms with Gasteiger partial charge in [0.1, 0.15) is 5.54 Å². The van der Waals surface area contributed by atoms with Crippen molar-refractivity contribution in [1.29, 1.82) is 0 Å². The molecule has 21 heavy (non-hydrogen) atoms. The highest BCUT2D eigenvalue weighted by molar-refractivity contribution is 9.10. The fourth-order valence-electron chi connectivity index (χ4n) is 2.06. The van der Waals surface area contributed by atoms with E-state index in [0.717, 1.165) is 22.9 Å². The van der Waals surface area contributed by atoms with Gasteiger partial charge < -0.3 is 15.0 Å². The van der Waals surface area contributed by atoms with E-state index in [-0.39, 0.29) is 0 Å². The zero-order valence-corrected chi connectivity index (χ0v) is 13.5. The summed E-state index contributed by atoms with van der Waals surface area (Å²) in [5.41, 5.74) is 6.39. The first-order valence-corrected chi connectivity index (χ1v) is 7.84. The van der Waals surface area contributed by atoms with E-state index in [0.29, 0.717) is 24.4 Å². The van der Waals surface area contributed by atoms with Gasteiger partial charge in [-0.1, -0.05) is 21.1 Å². The summed E-state index contributed by atoms with van der Waals surface area (Å²) >= 11 is 3.40. The Morgan fingerprint density at radius 1 is 1.38 bits per heavy atom. The molecule has 0 radical (unpaired) electrons. The highest BCUT2D eigenvalue weighted by Crippen LogP contribution is 2.26. The molecule has 1 aromatic heterocycles. The van der Waals surface area contributed by atoms with Crippen molar-refractivity contribution >= 4 is 15.9 Å². The zero-order chi connectivity index (χ0) is 14.9. The third-order valence-electron chi connectivity index (χ3n) is 3.70. The molecular weight excluding hydrogens is 334 g/mol. The van der Waals surface area contributed by atoms with Gasteiger partial charge in [-0.25, -0.2) is 0 Å². The van der Waals surface area contributed by atoms with Gasteiger partial charge in [0, 0.05) is 10.0 Å². The van der Waals surface area contributed by atoms with E-state index in [1.165, 1.54) is 6.42 Å². The van der Waals surface area contributed by atoms with Gasteiger partial charge in [-0.15, -0.1) is 0 Å². The minimum absolute atomic E-state index is 0.339. The van der Waals surface area contributed by atoms with Crippen LogP contribution in [0.1, 0.15) is 32.0 Å². The van der Waals surface area contributed by atoms with Crippen molar-refractivity contribution in [3.8, 4) is 11.5 Å². The van der Waals surface area contributed by atoms with Gasteiger partial charge in [-0.3, -0.25) is 0 Å². The molecule has 1 heterocycles. The lowest BCUT2D eigenvalue weighted by Gasteiger charge is -2.29. The smallest absolute Gasteiger partial charge is 0.257 e. The number of hydrogen-bond donors (Lipinski definition) is 1. The van der Waals surface area contributed by atoms with E-state index >= 15 is 0 Å². The van der Waals surface area contributed by atoms with Crippen LogP contribution in [0.5, 0.6) is 0 Å². The molecule has 1 aliphatic carbocycles. The standard InChI is InChI=1S/C15H18BrN3O2/c1-15(17,9-20-12-3-2-4-12)14-18-13(21-19-14)10-5-7-11(16)8-6-10/h5-8,12H,2-4,9,17H2,1H3. The van der Waals surface area contributed by atoms with Crippen molar-refractivity contribution in [3.05, 3.63) is 34.6 Å². The summed E-state index contributed by atoms with van der Waals surface area (Å²) in [5.74, 6) is 0.942. The van der Waals surface area contributed by atoms with E-state index in [9.17, 15) is 0 Å². The lowest BCUT2D eigenvalue weighted by Crippen LogP contribution is -2.41. The first-order chi connectivity index (χ1) is 10.0. The molecule has 1 fully saturated rings. The van der Waals surface area contributed by atoms with E-state index < -0.39 is 5.54 Å². The van der Waals surface area contributed by atoms with Crippen molar-refractivity contribution in [3.63, 3.8) is 0 Å². The maximum Gasteiger partial charge on any atom is 0.257 e. The summed E-state index contributed by atoms with van der Waals surface area (Å²) in [6, 6.07) is 7.70. The fourth-order valence-corrected chi connectivity index (χ4v) is 2.32. The largest absolute Gasteiger partial charge is 0.376 e. The number of hydrogen-bond acceptors (Lipinski definition) is 5. The zero-order valence-electron chi connectivity index (χ0n) is 11.9. The Hall–Kier alpha value is -1.24. The van der Waals surface area contributed by atoms with Crippen molar-refractivity contribution < 1.29 is 9.26 Å². The van der Waals surface area contributed by atoms with Crippen molar-refractivity contribution in [2.45, 2.75) is 37.8 Å². The maximum absolute atomic E-state index is 6.26. The molecule has 1 unspecified atom stereocenters. The second kappa shape index (κ2) is 5.87. The van der Waals surface area contributed by atoms with Gasteiger partial charge in [0.05, 0.1) is 12.7 Å². The number of ether oxygens (including phenoxy) is 1. The number of nitrogens with zero attached hydrogens (tertiary/aromatic N) is 2. The third-order valence-corrected chi connectivity index (χ3v) is 4.23. The molecule has 5 nitrogen and oxygen atoms in total. The van der Waals surface area contributed by atoms with Gasteiger partial charge >= 0.3 is 0 Å². The van der Waals surface area contributed by atoms with Crippen LogP contribution in [0.25, 0.3) is 11.5 Å². The molecular formula is C15H18BrN3O2. The fraction of sp³-hybridized carbons (Fsp3) is 0.467. The summed E-state index contributed by atoms with van der Waals surface area (Å²) in [4.78, 5) is 4.41. The maximum atomic E-state index is 6.26. The summed E-state index contributed by atoms with van der Waals surface area (Å²) in [5, 5.41) is 4.01. The van der Waals surface area contributed by atoms with Crippen molar-refractivity contribution in [2.75, 3.05) is 6.61 Å². The average Bonchev–Trinajstić information content (AvgIpc) is 2.88. The normalized spacial score (nSPS) is 18.2. The van der Waals surface area contributed by atoms with Crippen LogP contribution in [0.4, 0.5) is 0 Å². The van der Waals surface area contributed by atoms with E-state index in [2.05, 4.69) is 26.1 Å². The Bertz CT molecular complexity index is 606. The highest BCUT2D eigenvalue weighted by Gasteiger charge is 2.30. The second-order valence-electron chi connectivity index (χ2n) is 5.71. The Morgan fingerprint density at radius 2 is 2.10 bits per heavy atom. The summed E-state index contributed by atoms with van der Waals surface area (Å²) in [6.07, 6.45) is 3.81. The highest BCUT2D eigenvalue weighted by atomic mass is 79.9. The lowest BCUT2D eigenvalue weighted by atomic mass is 9.95. The van der Waals surface area contributed by atoms with Crippen LogP contribution < -0.4 is 5.73 Å². The van der Waals surface area contributed by atoms with Gasteiger partial charge in [-0.05, 0) is 50.5 Å². The SMILES string of the molecule is CC(N)(COC1CCC1)c1noc(-c2ccc(Br)cc2)n1. The van der Waals surface area contributed by atoms with E-state index in [1.807, 2.05) is 31.2 Å². The van der Waals surface area contributed by atoms with Gasteiger partial charge in [-0.2, -0.15) is 4.98 Å². The molecule has 112 valence electrons. The van der Waals surface area contributed by atoms with Gasteiger partial charge in [0.2, 0.25) is 0 Å². The minimum atomic E-state index is -0.743. The molecule has 0 bridgehead atoms. The molecule has 2 N–H and O–H groups in total. The molecule has 0 saturated heterocycles. The average molecular weight is 352 g/mol. The lowest BCUT2D eigenvalue weighted by molar-refractivity contribution is -0.0222. The molecule has 1 atom stereocenters. The summed E-state index contributed by atoms with van der Waals surface area (Å²) < 4.78 is 12.1. The topological polar surface area (TPSA) is 74.2 Å². The number of halogens is 1. The van der Waals surface area contributed by atoms with Gasteiger partial charge in [0.15, 0.2) is 5.82 Å². The third kappa shape index (κ3) is 3.33. The predicted octanol–water partition coefficient (Wildman–Crippen LogP) is 3.24. The number of aromatic nitrogens is 2. The molecule has 0 amide bonds. The summed E-state index contributed by atoms with van der Waals surface area (Å²) in [7, 11) is 0. The Kier molecular flexibility index (Phi) is 4.10. The molecule has 6 heteroatoms. The van der Waals surface area contributed by atoms with Crippen LogP contribution in [0.15, 0.2) is 33.3 Å². The van der Waals surface area contributed by atoms with Crippen LogP contribution >= 0.6 is 15.9 Å². The number of nitrogens with two attached hydrogens (primary N) is 1.